The number of nitrogens with zero attached hydrogens (tertiary/aromatic N) is 4. The van der Waals surface area contributed by atoms with Crippen LogP contribution in [0.1, 0.15) is 133 Å². The zero-order valence-corrected chi connectivity index (χ0v) is 45.9. The number of hydrogen-bond donors (Lipinski definition) is 1. The summed E-state index contributed by atoms with van der Waals surface area (Å²) in [7, 11) is 1.42. The number of carboxylic acids is 1. The zero-order valence-electron chi connectivity index (χ0n) is 43.9. The summed E-state index contributed by atoms with van der Waals surface area (Å²) in [4.78, 5) is 56.0. The van der Waals surface area contributed by atoms with Crippen LogP contribution in [0.2, 0.25) is 0 Å². The molecular formula is C61H67N4NaO9. The van der Waals surface area contributed by atoms with Gasteiger partial charge in [-0.3, -0.25) is 9.59 Å². The van der Waals surface area contributed by atoms with Gasteiger partial charge in [-0.25, -0.2) is 9.59 Å². The molecule has 0 radical (unpaired) electrons. The maximum Gasteiger partial charge on any atom is 1.00 e. The Labute approximate surface area is 461 Å². The summed E-state index contributed by atoms with van der Waals surface area (Å²) < 4.78 is 20.6. The van der Waals surface area contributed by atoms with E-state index < -0.39 is 5.97 Å². The second kappa shape index (κ2) is 23.2. The van der Waals surface area contributed by atoms with Gasteiger partial charge in [0, 0.05) is 70.3 Å². The molecule has 6 aromatic rings. The molecule has 0 unspecified atom stereocenters. The van der Waals surface area contributed by atoms with Gasteiger partial charge in [0.05, 0.1) is 69.1 Å². The molecule has 0 spiro atoms. The molecule has 2 aliphatic carbocycles. The summed E-state index contributed by atoms with van der Waals surface area (Å²) in [5.74, 6) is -0.263. The number of allylic oxidation sites excluding steroid dienone is 2. The topological polar surface area (TPSA) is 163 Å². The Morgan fingerprint density at radius 3 is 1.33 bits per heavy atom. The van der Waals surface area contributed by atoms with E-state index in [9.17, 15) is 24.3 Å². The first kappa shape index (κ1) is 54.0. The Morgan fingerprint density at radius 2 is 0.933 bits per heavy atom. The number of esters is 1. The Bertz CT molecular complexity index is 3230. The number of ether oxygens (including phenoxy) is 3. The molecule has 6 aliphatic rings. The van der Waals surface area contributed by atoms with E-state index in [0.29, 0.717) is 83.1 Å². The van der Waals surface area contributed by atoms with Crippen molar-refractivity contribution in [1.29, 1.82) is 0 Å². The zero-order chi connectivity index (χ0) is 50.3. The van der Waals surface area contributed by atoms with E-state index >= 15 is 0 Å². The third kappa shape index (κ3) is 10.1. The molecule has 75 heavy (non-hydrogen) atoms. The SMILES string of the molecule is CC1=C(C(=O)N2CCOCC2)Cn2c(c(C3CCCCC3)c3ccc(C(=O)O)cc32)-c2ccccc21.COC(=O)c1ccc2c(C3CCCCC3)c3n(c2c1)CC(C(=O)N1CCOCC1)=C(C)c1ccccc1-3.[Na+].[OH-]. The minimum atomic E-state index is -0.933. The van der Waals surface area contributed by atoms with Crippen molar-refractivity contribution in [3.63, 3.8) is 0 Å². The number of morpholine rings is 2. The van der Waals surface area contributed by atoms with Crippen LogP contribution in [-0.2, 0) is 36.9 Å². The number of aromatic carboxylic acids is 1. The van der Waals surface area contributed by atoms with Crippen molar-refractivity contribution in [3.8, 4) is 22.5 Å². The number of benzene rings is 4. The van der Waals surface area contributed by atoms with E-state index in [4.69, 9.17) is 14.2 Å². The van der Waals surface area contributed by atoms with Crippen LogP contribution < -0.4 is 29.6 Å². The molecule has 2 saturated heterocycles. The number of amides is 2. The Kier molecular flexibility index (Phi) is 16.7. The smallest absolute Gasteiger partial charge is 0.870 e. The van der Waals surface area contributed by atoms with E-state index in [1.54, 1.807) is 12.1 Å². The van der Waals surface area contributed by atoms with Crippen LogP contribution in [-0.4, -0.2) is 113 Å². The molecule has 4 aliphatic heterocycles. The van der Waals surface area contributed by atoms with Crippen LogP contribution in [0.3, 0.4) is 0 Å². The maximum absolute atomic E-state index is 13.9. The minimum Gasteiger partial charge on any atom is -0.870 e. The van der Waals surface area contributed by atoms with Crippen molar-refractivity contribution < 1.29 is 73.5 Å². The molecule has 0 bridgehead atoms. The van der Waals surface area contributed by atoms with Crippen molar-refractivity contribution in [2.75, 3.05) is 59.7 Å². The van der Waals surface area contributed by atoms with Crippen LogP contribution >= 0.6 is 0 Å². The van der Waals surface area contributed by atoms with Gasteiger partial charge in [-0.1, -0.05) is 99.2 Å². The van der Waals surface area contributed by atoms with Crippen molar-refractivity contribution in [1.82, 2.24) is 18.9 Å². The summed E-state index contributed by atoms with van der Waals surface area (Å²) in [6.45, 7) is 9.69. The van der Waals surface area contributed by atoms with Gasteiger partial charge in [-0.2, -0.15) is 0 Å². The van der Waals surface area contributed by atoms with Gasteiger partial charge in [0.2, 0.25) is 0 Å². The van der Waals surface area contributed by atoms with Crippen LogP contribution in [0.25, 0.3) is 55.5 Å². The summed E-state index contributed by atoms with van der Waals surface area (Å²) >= 11 is 0. The molecule has 0 atom stereocenters. The van der Waals surface area contributed by atoms with Gasteiger partial charge in [-0.05, 0) is 109 Å². The van der Waals surface area contributed by atoms with Crippen molar-refractivity contribution in [3.05, 3.63) is 129 Å². The molecular weight excluding hydrogens is 956 g/mol. The van der Waals surface area contributed by atoms with Crippen LogP contribution in [0.4, 0.5) is 0 Å². The third-order valence-corrected chi connectivity index (χ3v) is 16.7. The normalized spacial score (nSPS) is 18.0. The average Bonchev–Trinajstić information content (AvgIpc) is 3.86. The van der Waals surface area contributed by atoms with Crippen LogP contribution in [0.15, 0.2) is 96.1 Å². The van der Waals surface area contributed by atoms with Crippen molar-refractivity contribution >= 4 is 56.7 Å². The molecule has 2 saturated carbocycles. The minimum absolute atomic E-state index is 0. The molecule has 2 aromatic heterocycles. The quantitative estimate of drug-likeness (QED) is 0.128. The van der Waals surface area contributed by atoms with Crippen LogP contribution in [0, 0.1) is 0 Å². The largest absolute Gasteiger partial charge is 1.00 e. The molecule has 14 heteroatoms. The summed E-state index contributed by atoms with van der Waals surface area (Å²) in [6, 6.07) is 28.3. The van der Waals surface area contributed by atoms with E-state index in [1.807, 2.05) is 34.1 Å². The first-order valence-electron chi connectivity index (χ1n) is 26.6. The number of fused-ring (bicyclic) bond motifs is 10. The molecule has 4 aromatic carbocycles. The van der Waals surface area contributed by atoms with Gasteiger partial charge >= 0.3 is 41.5 Å². The number of carbonyl (C=O) groups is 4. The maximum atomic E-state index is 13.9. The molecule has 12 rings (SSSR count). The fourth-order valence-electron chi connectivity index (χ4n) is 12.9. The molecule has 2 amide bonds. The van der Waals surface area contributed by atoms with Gasteiger partial charge in [0.1, 0.15) is 0 Å². The number of rotatable bonds is 6. The molecule has 386 valence electrons. The molecule has 6 heterocycles. The third-order valence-electron chi connectivity index (χ3n) is 16.7. The van der Waals surface area contributed by atoms with Gasteiger partial charge < -0.3 is 43.7 Å². The number of methoxy groups -OCH3 is 1. The van der Waals surface area contributed by atoms with E-state index in [-0.39, 0.29) is 58.4 Å². The summed E-state index contributed by atoms with van der Waals surface area (Å²) in [5, 5.41) is 12.1. The molecule has 2 N–H and O–H groups in total. The molecule has 4 fully saturated rings. The number of aromatic nitrogens is 2. The Hall–Kier alpha value is -5.80. The number of carboxylic acid groups (broad SMARTS) is 1. The van der Waals surface area contributed by atoms with E-state index in [0.717, 1.165) is 73.9 Å². The van der Waals surface area contributed by atoms with Gasteiger partial charge in [0.15, 0.2) is 0 Å². The fraction of sp³-hybridized carbons (Fsp3) is 0.410. The first-order chi connectivity index (χ1) is 35.6. The molecule has 13 nitrogen and oxygen atoms in total. The second-order valence-electron chi connectivity index (χ2n) is 20.7. The monoisotopic (exact) mass is 1020 g/mol. The van der Waals surface area contributed by atoms with Crippen molar-refractivity contribution in [2.24, 2.45) is 0 Å². The van der Waals surface area contributed by atoms with E-state index in [2.05, 4.69) is 71.5 Å². The number of hydrogen-bond acceptors (Lipinski definition) is 8. The first-order valence-corrected chi connectivity index (χ1v) is 26.6. The van der Waals surface area contributed by atoms with Gasteiger partial charge in [-0.15, -0.1) is 0 Å². The van der Waals surface area contributed by atoms with Crippen LogP contribution in [0.5, 0.6) is 0 Å². The fourth-order valence-corrected chi connectivity index (χ4v) is 12.9. The predicted molar refractivity (Wildman–Crippen MR) is 287 cm³/mol. The van der Waals surface area contributed by atoms with E-state index in [1.165, 1.54) is 86.2 Å². The van der Waals surface area contributed by atoms with Gasteiger partial charge in [0.25, 0.3) is 11.8 Å². The Morgan fingerprint density at radius 1 is 0.547 bits per heavy atom. The Balaban J connectivity index is 0.000000179. The standard InChI is InChI=1S/C31H34N2O4.C30H32N2O4.Na.H2O/c1-20-23-10-6-7-11-24(23)29-28(21-8-4-3-5-9-21)25-13-12-22(31(35)36-2)18-27(25)33(29)19-26(20)30(34)32-14-16-37-17-15-32;1-19-22-9-5-6-10-23(22)28-27(20-7-3-2-4-8-20)24-12-11-21(30(34)35)17-26(24)32(28)18-25(19)29(33)31-13-15-36-16-14-31;;/h6-7,10-13,18,21H,3-5,8-9,14-17,19H2,1-2H3;5-6,9-12,17,20H,2-4,7-8,13-16,18H2,1H3,(H,34,35);;1H2/q;;+1;/p-1. The van der Waals surface area contributed by atoms with Crippen molar-refractivity contribution in [2.45, 2.75) is 103 Å². The summed E-state index contributed by atoms with van der Waals surface area (Å²) in [6.07, 6.45) is 12.1. The second-order valence-corrected chi connectivity index (χ2v) is 20.7. The summed E-state index contributed by atoms with van der Waals surface area (Å²) in [5.41, 5.74) is 15.9. The predicted octanol–water partition coefficient (Wildman–Crippen LogP) is 8.32. The average molecular weight is 1020 g/mol. The number of carbonyl (C=O) groups excluding carboxylic acids is 3.